The van der Waals surface area contributed by atoms with Crippen molar-refractivity contribution in [3.05, 3.63) is 34.3 Å². The SMILES string of the molecule is CCCCN(CCBr)C(=O)Cc1ccc(Br)cc1. The highest BCUT2D eigenvalue weighted by Gasteiger charge is 2.12. The van der Waals surface area contributed by atoms with Crippen LogP contribution in [0.1, 0.15) is 25.3 Å². The molecule has 0 fully saturated rings. The predicted molar refractivity (Wildman–Crippen MR) is 83.1 cm³/mol. The van der Waals surface area contributed by atoms with Gasteiger partial charge >= 0.3 is 0 Å². The van der Waals surface area contributed by atoms with Crippen LogP contribution in [0.4, 0.5) is 0 Å². The molecule has 0 unspecified atom stereocenters. The van der Waals surface area contributed by atoms with Gasteiger partial charge < -0.3 is 4.90 Å². The van der Waals surface area contributed by atoms with Gasteiger partial charge in [-0.3, -0.25) is 4.79 Å². The molecule has 0 aliphatic heterocycles. The first-order valence-electron chi connectivity index (χ1n) is 6.25. The van der Waals surface area contributed by atoms with Crippen molar-refractivity contribution in [2.45, 2.75) is 26.2 Å². The monoisotopic (exact) mass is 375 g/mol. The van der Waals surface area contributed by atoms with Crippen molar-refractivity contribution in [2.24, 2.45) is 0 Å². The zero-order valence-electron chi connectivity index (χ0n) is 10.7. The van der Waals surface area contributed by atoms with E-state index in [-0.39, 0.29) is 5.91 Å². The topological polar surface area (TPSA) is 20.3 Å². The largest absolute Gasteiger partial charge is 0.342 e. The van der Waals surface area contributed by atoms with Gasteiger partial charge in [-0.1, -0.05) is 57.3 Å². The fraction of sp³-hybridized carbons (Fsp3) is 0.500. The van der Waals surface area contributed by atoms with E-state index < -0.39 is 0 Å². The lowest BCUT2D eigenvalue weighted by atomic mass is 10.1. The standard InChI is InChI=1S/C14H19Br2NO/c1-2-3-9-17(10-8-15)14(18)11-12-4-6-13(16)7-5-12/h4-7H,2-3,8-11H2,1H3. The number of unbranched alkanes of at least 4 members (excludes halogenated alkanes) is 1. The molecule has 1 aromatic rings. The highest BCUT2D eigenvalue weighted by molar-refractivity contribution is 9.10. The number of rotatable bonds is 7. The van der Waals surface area contributed by atoms with Crippen molar-refractivity contribution in [1.82, 2.24) is 4.90 Å². The van der Waals surface area contributed by atoms with E-state index in [1.807, 2.05) is 29.2 Å². The maximum absolute atomic E-state index is 12.2. The quantitative estimate of drug-likeness (QED) is 0.658. The van der Waals surface area contributed by atoms with Gasteiger partial charge in [0.2, 0.25) is 5.91 Å². The number of hydrogen-bond donors (Lipinski definition) is 0. The fourth-order valence-electron chi connectivity index (χ4n) is 1.70. The molecule has 0 atom stereocenters. The first-order valence-corrected chi connectivity index (χ1v) is 8.17. The highest BCUT2D eigenvalue weighted by atomic mass is 79.9. The molecular weight excluding hydrogens is 358 g/mol. The van der Waals surface area contributed by atoms with Crippen LogP contribution >= 0.6 is 31.9 Å². The van der Waals surface area contributed by atoms with E-state index in [1.165, 1.54) is 0 Å². The lowest BCUT2D eigenvalue weighted by Gasteiger charge is -2.21. The number of halogens is 2. The Balaban J connectivity index is 2.57. The van der Waals surface area contributed by atoms with Gasteiger partial charge in [0.15, 0.2) is 0 Å². The first kappa shape index (κ1) is 15.7. The molecule has 0 heterocycles. The molecule has 18 heavy (non-hydrogen) atoms. The van der Waals surface area contributed by atoms with Crippen LogP contribution in [-0.4, -0.2) is 29.2 Å². The summed E-state index contributed by atoms with van der Waals surface area (Å²) < 4.78 is 1.04. The van der Waals surface area contributed by atoms with Crippen LogP contribution in [-0.2, 0) is 11.2 Å². The Morgan fingerprint density at radius 1 is 1.22 bits per heavy atom. The van der Waals surface area contributed by atoms with Crippen LogP contribution in [0.25, 0.3) is 0 Å². The summed E-state index contributed by atoms with van der Waals surface area (Å²) in [4.78, 5) is 14.1. The number of hydrogen-bond acceptors (Lipinski definition) is 1. The van der Waals surface area contributed by atoms with Crippen molar-refractivity contribution < 1.29 is 4.79 Å². The lowest BCUT2D eigenvalue weighted by Crippen LogP contribution is -2.34. The zero-order chi connectivity index (χ0) is 13.4. The van der Waals surface area contributed by atoms with Crippen LogP contribution in [0, 0.1) is 0 Å². The second-order valence-corrected chi connectivity index (χ2v) is 5.94. The molecule has 1 rings (SSSR count). The average molecular weight is 377 g/mol. The second-order valence-electron chi connectivity index (χ2n) is 4.23. The Bertz CT molecular complexity index is 365. The molecule has 0 N–H and O–H groups in total. The zero-order valence-corrected chi connectivity index (χ0v) is 13.8. The predicted octanol–water partition coefficient (Wildman–Crippen LogP) is 4.02. The number of carbonyl (C=O) groups is 1. The normalized spacial score (nSPS) is 10.4. The molecule has 0 saturated carbocycles. The van der Waals surface area contributed by atoms with Gasteiger partial charge in [-0.25, -0.2) is 0 Å². The average Bonchev–Trinajstić information content (AvgIpc) is 2.37. The Hall–Kier alpha value is -0.350. The van der Waals surface area contributed by atoms with Crippen LogP contribution in [0.15, 0.2) is 28.7 Å². The fourth-order valence-corrected chi connectivity index (χ4v) is 2.39. The Morgan fingerprint density at radius 3 is 2.44 bits per heavy atom. The summed E-state index contributed by atoms with van der Waals surface area (Å²) in [6.45, 7) is 3.79. The number of nitrogens with zero attached hydrogens (tertiary/aromatic N) is 1. The third kappa shape index (κ3) is 5.53. The minimum absolute atomic E-state index is 0.213. The molecule has 0 spiro atoms. The number of amides is 1. The van der Waals surface area contributed by atoms with E-state index in [2.05, 4.69) is 38.8 Å². The number of carbonyl (C=O) groups excluding carboxylic acids is 1. The smallest absolute Gasteiger partial charge is 0.227 e. The lowest BCUT2D eigenvalue weighted by molar-refractivity contribution is -0.130. The van der Waals surface area contributed by atoms with Crippen LogP contribution < -0.4 is 0 Å². The molecule has 2 nitrogen and oxygen atoms in total. The molecule has 0 saturated heterocycles. The number of benzene rings is 1. The second kappa shape index (κ2) is 8.70. The van der Waals surface area contributed by atoms with Crippen molar-refractivity contribution in [3.63, 3.8) is 0 Å². The number of alkyl halides is 1. The first-order chi connectivity index (χ1) is 8.67. The maximum atomic E-state index is 12.2. The minimum atomic E-state index is 0.213. The van der Waals surface area contributed by atoms with Gasteiger partial charge in [0.05, 0.1) is 6.42 Å². The molecule has 1 amide bonds. The van der Waals surface area contributed by atoms with E-state index >= 15 is 0 Å². The molecular formula is C14H19Br2NO. The van der Waals surface area contributed by atoms with E-state index in [1.54, 1.807) is 0 Å². The Morgan fingerprint density at radius 2 is 1.89 bits per heavy atom. The molecule has 1 aromatic carbocycles. The van der Waals surface area contributed by atoms with Gasteiger partial charge in [0.1, 0.15) is 0 Å². The highest BCUT2D eigenvalue weighted by Crippen LogP contribution is 2.12. The molecule has 0 aromatic heterocycles. The molecule has 100 valence electrons. The van der Waals surface area contributed by atoms with Crippen LogP contribution in [0.3, 0.4) is 0 Å². The summed E-state index contributed by atoms with van der Waals surface area (Å²) in [5, 5.41) is 0.836. The third-order valence-corrected chi connectivity index (χ3v) is 3.64. The summed E-state index contributed by atoms with van der Waals surface area (Å²) in [6, 6.07) is 7.94. The van der Waals surface area contributed by atoms with Crippen LogP contribution in [0.2, 0.25) is 0 Å². The van der Waals surface area contributed by atoms with Crippen LogP contribution in [0.5, 0.6) is 0 Å². The van der Waals surface area contributed by atoms with Gasteiger partial charge in [-0.15, -0.1) is 0 Å². The van der Waals surface area contributed by atoms with E-state index in [9.17, 15) is 4.79 Å². The minimum Gasteiger partial charge on any atom is -0.342 e. The molecule has 0 aliphatic rings. The Labute approximate surface area is 126 Å². The van der Waals surface area contributed by atoms with E-state index in [0.29, 0.717) is 6.42 Å². The summed E-state index contributed by atoms with van der Waals surface area (Å²) >= 11 is 6.80. The van der Waals surface area contributed by atoms with Crippen molar-refractivity contribution in [3.8, 4) is 0 Å². The van der Waals surface area contributed by atoms with Gasteiger partial charge in [0.25, 0.3) is 0 Å². The van der Waals surface area contributed by atoms with E-state index in [4.69, 9.17) is 0 Å². The summed E-state index contributed by atoms with van der Waals surface area (Å²) in [7, 11) is 0. The summed E-state index contributed by atoms with van der Waals surface area (Å²) in [5.41, 5.74) is 1.07. The van der Waals surface area contributed by atoms with Crippen molar-refractivity contribution in [2.75, 3.05) is 18.4 Å². The van der Waals surface area contributed by atoms with Gasteiger partial charge in [0, 0.05) is 22.9 Å². The molecule has 0 aliphatic carbocycles. The molecule has 0 radical (unpaired) electrons. The Kier molecular flexibility index (Phi) is 7.59. The van der Waals surface area contributed by atoms with Crippen molar-refractivity contribution >= 4 is 37.8 Å². The molecule has 4 heteroatoms. The molecule has 0 bridgehead atoms. The van der Waals surface area contributed by atoms with E-state index in [0.717, 1.165) is 41.3 Å². The van der Waals surface area contributed by atoms with Gasteiger partial charge in [-0.2, -0.15) is 0 Å². The summed E-state index contributed by atoms with van der Waals surface area (Å²) in [6.07, 6.45) is 2.67. The maximum Gasteiger partial charge on any atom is 0.227 e. The third-order valence-electron chi connectivity index (χ3n) is 2.76. The van der Waals surface area contributed by atoms with Crippen molar-refractivity contribution in [1.29, 1.82) is 0 Å². The summed E-state index contributed by atoms with van der Waals surface area (Å²) in [5.74, 6) is 0.213. The van der Waals surface area contributed by atoms with Gasteiger partial charge in [-0.05, 0) is 24.1 Å².